The Labute approximate surface area is 139 Å². The standard InChI is InChI=1S/C16H26N2OS.ClH/c1-18(16(19)15(17)11-13-20-2)12-7-6-10-14-8-4-3-5-9-14;/h3-5,8-9,15H,6-7,10-13,17H2,1-2H3;1H/t15-;/m0./s1. The van der Waals surface area contributed by atoms with Crippen molar-refractivity contribution in [3.8, 4) is 0 Å². The van der Waals surface area contributed by atoms with Crippen molar-refractivity contribution in [3.63, 3.8) is 0 Å². The van der Waals surface area contributed by atoms with Crippen molar-refractivity contribution >= 4 is 30.1 Å². The Balaban J connectivity index is 0.00000400. The fraction of sp³-hybridized carbons (Fsp3) is 0.562. The van der Waals surface area contributed by atoms with Gasteiger partial charge in [-0.25, -0.2) is 0 Å². The lowest BCUT2D eigenvalue weighted by Crippen LogP contribution is -2.42. The summed E-state index contributed by atoms with van der Waals surface area (Å²) in [5.41, 5.74) is 7.25. The van der Waals surface area contributed by atoms with Crippen molar-refractivity contribution < 1.29 is 4.79 Å². The lowest BCUT2D eigenvalue weighted by Gasteiger charge is -2.21. The minimum Gasteiger partial charge on any atom is -0.344 e. The number of rotatable bonds is 9. The van der Waals surface area contributed by atoms with Gasteiger partial charge in [0.05, 0.1) is 6.04 Å². The SMILES string of the molecule is CSCC[C@H](N)C(=O)N(C)CCCCc1ccccc1.Cl. The molecule has 0 aliphatic carbocycles. The predicted octanol–water partition coefficient (Wildman–Crippen LogP) is 2.97. The molecule has 0 spiro atoms. The minimum absolute atomic E-state index is 0. The van der Waals surface area contributed by atoms with Crippen LogP contribution in [0.4, 0.5) is 0 Å². The van der Waals surface area contributed by atoms with E-state index in [0.29, 0.717) is 0 Å². The number of amides is 1. The van der Waals surface area contributed by atoms with Gasteiger partial charge in [-0.3, -0.25) is 4.79 Å². The summed E-state index contributed by atoms with van der Waals surface area (Å²) >= 11 is 1.73. The molecule has 2 N–H and O–H groups in total. The molecule has 120 valence electrons. The second-order valence-corrected chi connectivity index (χ2v) is 6.08. The first-order valence-corrected chi connectivity index (χ1v) is 8.58. The highest BCUT2D eigenvalue weighted by Gasteiger charge is 2.16. The first kappa shape index (κ1) is 20.3. The third-order valence-electron chi connectivity index (χ3n) is 3.38. The zero-order chi connectivity index (χ0) is 14.8. The highest BCUT2D eigenvalue weighted by atomic mass is 35.5. The molecule has 0 unspecified atom stereocenters. The van der Waals surface area contributed by atoms with Gasteiger partial charge in [0.15, 0.2) is 0 Å². The summed E-state index contributed by atoms with van der Waals surface area (Å²) in [4.78, 5) is 13.8. The van der Waals surface area contributed by atoms with Gasteiger partial charge in [0.25, 0.3) is 0 Å². The molecular weight excluding hydrogens is 304 g/mol. The average Bonchev–Trinajstić information content (AvgIpc) is 2.49. The van der Waals surface area contributed by atoms with Crippen molar-refractivity contribution in [2.24, 2.45) is 5.73 Å². The van der Waals surface area contributed by atoms with E-state index in [2.05, 4.69) is 24.3 Å². The van der Waals surface area contributed by atoms with Gasteiger partial charge in [0.1, 0.15) is 0 Å². The van der Waals surface area contributed by atoms with E-state index in [1.54, 1.807) is 16.7 Å². The molecule has 0 radical (unpaired) electrons. The zero-order valence-electron chi connectivity index (χ0n) is 13.0. The molecule has 1 atom stereocenters. The van der Waals surface area contributed by atoms with Crippen LogP contribution in [-0.2, 0) is 11.2 Å². The number of carbonyl (C=O) groups is 1. The summed E-state index contributed by atoms with van der Waals surface area (Å²) in [7, 11) is 1.85. The molecule has 0 saturated carbocycles. The largest absolute Gasteiger partial charge is 0.344 e. The molecule has 0 aliphatic heterocycles. The van der Waals surface area contributed by atoms with E-state index < -0.39 is 0 Å². The van der Waals surface area contributed by atoms with Crippen LogP contribution >= 0.6 is 24.2 Å². The van der Waals surface area contributed by atoms with Gasteiger partial charge in [-0.05, 0) is 43.3 Å². The molecule has 3 nitrogen and oxygen atoms in total. The molecule has 21 heavy (non-hydrogen) atoms. The highest BCUT2D eigenvalue weighted by molar-refractivity contribution is 7.98. The lowest BCUT2D eigenvalue weighted by atomic mass is 10.1. The van der Waals surface area contributed by atoms with Crippen LogP contribution in [0, 0.1) is 0 Å². The number of halogens is 1. The maximum absolute atomic E-state index is 12.0. The summed E-state index contributed by atoms with van der Waals surface area (Å²) < 4.78 is 0. The molecule has 0 aromatic heterocycles. The van der Waals surface area contributed by atoms with Crippen molar-refractivity contribution in [3.05, 3.63) is 35.9 Å². The molecule has 5 heteroatoms. The number of hydrogen-bond acceptors (Lipinski definition) is 3. The number of aryl methyl sites for hydroxylation is 1. The number of hydrogen-bond donors (Lipinski definition) is 1. The Kier molecular flexibility index (Phi) is 11.5. The fourth-order valence-electron chi connectivity index (χ4n) is 2.08. The molecule has 0 aliphatic rings. The summed E-state index contributed by atoms with van der Waals surface area (Å²) in [5, 5.41) is 0. The Morgan fingerprint density at radius 3 is 2.57 bits per heavy atom. The van der Waals surface area contributed by atoms with Crippen LogP contribution in [0.15, 0.2) is 30.3 Å². The number of carbonyl (C=O) groups excluding carboxylic acids is 1. The van der Waals surface area contributed by atoms with Crippen molar-refractivity contribution in [2.45, 2.75) is 31.7 Å². The molecule has 0 bridgehead atoms. The molecule has 1 amide bonds. The van der Waals surface area contributed by atoms with Crippen molar-refractivity contribution in [2.75, 3.05) is 25.6 Å². The van der Waals surface area contributed by atoms with Gasteiger partial charge < -0.3 is 10.6 Å². The van der Waals surface area contributed by atoms with E-state index >= 15 is 0 Å². The average molecular weight is 331 g/mol. The van der Waals surface area contributed by atoms with Crippen molar-refractivity contribution in [1.29, 1.82) is 0 Å². The third kappa shape index (κ3) is 8.34. The van der Waals surface area contributed by atoms with Gasteiger partial charge in [0, 0.05) is 13.6 Å². The summed E-state index contributed by atoms with van der Waals surface area (Å²) in [6.45, 7) is 0.790. The normalized spacial score (nSPS) is 11.6. The molecule has 0 fully saturated rings. The van der Waals surface area contributed by atoms with Crippen LogP contribution in [0.2, 0.25) is 0 Å². The van der Waals surface area contributed by atoms with Crippen LogP contribution < -0.4 is 5.73 Å². The number of benzene rings is 1. The second kappa shape index (κ2) is 11.9. The Morgan fingerprint density at radius 2 is 1.95 bits per heavy atom. The minimum atomic E-state index is -0.346. The molecule has 1 aromatic rings. The van der Waals surface area contributed by atoms with E-state index in [9.17, 15) is 4.79 Å². The van der Waals surface area contributed by atoms with Gasteiger partial charge in [-0.1, -0.05) is 30.3 Å². The van der Waals surface area contributed by atoms with Crippen LogP contribution in [-0.4, -0.2) is 42.4 Å². The number of unbranched alkanes of at least 4 members (excludes halogenated alkanes) is 1. The fourth-order valence-corrected chi connectivity index (χ4v) is 2.57. The molecule has 0 saturated heterocycles. The maximum atomic E-state index is 12.0. The Hall–Kier alpha value is -0.710. The summed E-state index contributed by atoms with van der Waals surface area (Å²) in [6.07, 6.45) is 5.98. The van der Waals surface area contributed by atoms with E-state index in [0.717, 1.165) is 38.0 Å². The lowest BCUT2D eigenvalue weighted by molar-refractivity contribution is -0.131. The Bertz CT molecular complexity index is 389. The molecule has 1 aromatic carbocycles. The quantitative estimate of drug-likeness (QED) is 0.708. The number of likely N-dealkylation sites (N-methyl/N-ethyl adjacent to an activating group) is 1. The van der Waals surface area contributed by atoms with Gasteiger partial charge in [0.2, 0.25) is 5.91 Å². The van der Waals surface area contributed by atoms with E-state index in [4.69, 9.17) is 5.73 Å². The van der Waals surface area contributed by atoms with Crippen LogP contribution in [0.5, 0.6) is 0 Å². The molecular formula is C16H27ClN2OS. The molecule has 1 rings (SSSR count). The van der Waals surface area contributed by atoms with E-state index in [-0.39, 0.29) is 24.4 Å². The maximum Gasteiger partial charge on any atom is 0.239 e. The monoisotopic (exact) mass is 330 g/mol. The van der Waals surface area contributed by atoms with E-state index in [1.807, 2.05) is 19.4 Å². The van der Waals surface area contributed by atoms with E-state index in [1.165, 1.54) is 5.56 Å². The van der Waals surface area contributed by atoms with Gasteiger partial charge in [-0.15, -0.1) is 12.4 Å². The number of thioether (sulfide) groups is 1. The topological polar surface area (TPSA) is 46.3 Å². The van der Waals surface area contributed by atoms with Crippen LogP contribution in [0.3, 0.4) is 0 Å². The predicted molar refractivity (Wildman–Crippen MR) is 95.2 cm³/mol. The van der Waals surface area contributed by atoms with Gasteiger partial charge >= 0.3 is 0 Å². The van der Waals surface area contributed by atoms with Crippen LogP contribution in [0.25, 0.3) is 0 Å². The molecule has 0 heterocycles. The second-order valence-electron chi connectivity index (χ2n) is 5.09. The Morgan fingerprint density at radius 1 is 1.29 bits per heavy atom. The third-order valence-corrected chi connectivity index (χ3v) is 4.02. The number of nitrogens with zero attached hydrogens (tertiary/aromatic N) is 1. The first-order valence-electron chi connectivity index (χ1n) is 7.18. The summed E-state index contributed by atoms with van der Waals surface area (Å²) in [5.74, 6) is 1.01. The zero-order valence-corrected chi connectivity index (χ0v) is 14.6. The highest BCUT2D eigenvalue weighted by Crippen LogP contribution is 2.06. The van der Waals surface area contributed by atoms with Crippen molar-refractivity contribution in [1.82, 2.24) is 4.90 Å². The number of nitrogens with two attached hydrogens (primary N) is 1. The van der Waals surface area contributed by atoms with Crippen LogP contribution in [0.1, 0.15) is 24.8 Å². The smallest absolute Gasteiger partial charge is 0.239 e. The summed E-state index contributed by atoms with van der Waals surface area (Å²) in [6, 6.07) is 10.1. The first-order chi connectivity index (χ1) is 9.65. The van der Waals surface area contributed by atoms with Gasteiger partial charge in [-0.2, -0.15) is 11.8 Å².